The average molecular weight is 243 g/mol. The van der Waals surface area contributed by atoms with E-state index in [1.165, 1.54) is 0 Å². The van der Waals surface area contributed by atoms with E-state index in [1.807, 2.05) is 45.0 Å². The Morgan fingerprint density at radius 3 is 2.28 bits per heavy atom. The monoisotopic (exact) mass is 243 g/mol. The molecular weight excluding hydrogens is 222 g/mol. The van der Waals surface area contributed by atoms with Crippen molar-refractivity contribution in [1.29, 1.82) is 0 Å². The number of nitrogens with two attached hydrogens (primary N) is 1. The molecule has 0 heterocycles. The van der Waals surface area contributed by atoms with E-state index in [2.05, 4.69) is 18.2 Å². The Labute approximate surface area is 108 Å². The molecule has 2 nitrogen and oxygen atoms in total. The molecule has 0 radical (unpaired) electrons. The lowest BCUT2D eigenvalue weighted by atomic mass is 9.81. The highest BCUT2D eigenvalue weighted by Gasteiger charge is 2.29. The van der Waals surface area contributed by atoms with Crippen molar-refractivity contribution in [3.63, 3.8) is 0 Å². The molecule has 0 unspecified atom stereocenters. The van der Waals surface area contributed by atoms with Crippen LogP contribution in [0.4, 0.5) is 0 Å². The molecule has 0 amide bonds. The maximum absolute atomic E-state index is 10.3. The van der Waals surface area contributed by atoms with E-state index >= 15 is 0 Å². The van der Waals surface area contributed by atoms with Gasteiger partial charge in [0, 0.05) is 0 Å². The molecular formula is C16H21NO. The van der Waals surface area contributed by atoms with E-state index < -0.39 is 6.10 Å². The summed E-state index contributed by atoms with van der Waals surface area (Å²) in [6.45, 7) is 6.01. The predicted octanol–water partition coefficient (Wildman–Crippen LogP) is 3.25. The third-order valence-corrected chi connectivity index (χ3v) is 3.41. The summed E-state index contributed by atoms with van der Waals surface area (Å²) >= 11 is 0. The number of hydrogen-bond acceptors (Lipinski definition) is 2. The molecule has 3 N–H and O–H groups in total. The fourth-order valence-electron chi connectivity index (χ4n) is 2.25. The molecule has 0 aliphatic carbocycles. The van der Waals surface area contributed by atoms with Crippen molar-refractivity contribution in [2.45, 2.75) is 32.9 Å². The summed E-state index contributed by atoms with van der Waals surface area (Å²) in [6, 6.07) is 13.8. The minimum absolute atomic E-state index is 0.226. The maximum Gasteiger partial charge on any atom is 0.0781 e. The summed E-state index contributed by atoms with van der Waals surface area (Å²) in [6.07, 6.45) is -0.566. The van der Waals surface area contributed by atoms with Gasteiger partial charge in [0.05, 0.1) is 12.1 Å². The minimum atomic E-state index is -0.566. The van der Waals surface area contributed by atoms with Gasteiger partial charge in [-0.15, -0.1) is 0 Å². The van der Waals surface area contributed by atoms with Crippen LogP contribution < -0.4 is 5.73 Å². The molecule has 0 aliphatic rings. The van der Waals surface area contributed by atoms with Crippen LogP contribution in [-0.2, 0) is 0 Å². The highest BCUT2D eigenvalue weighted by Crippen LogP contribution is 2.31. The zero-order valence-corrected chi connectivity index (χ0v) is 11.2. The van der Waals surface area contributed by atoms with Crippen LogP contribution in [0.3, 0.4) is 0 Å². The Bertz CT molecular complexity index is 537. The summed E-state index contributed by atoms with van der Waals surface area (Å²) in [4.78, 5) is 0. The molecule has 0 saturated carbocycles. The van der Waals surface area contributed by atoms with Crippen LogP contribution in [0.1, 0.15) is 32.4 Å². The molecule has 0 bridgehead atoms. The van der Waals surface area contributed by atoms with E-state index in [9.17, 15) is 5.11 Å². The van der Waals surface area contributed by atoms with E-state index in [4.69, 9.17) is 5.73 Å². The fraction of sp³-hybridized carbons (Fsp3) is 0.375. The molecule has 2 atom stereocenters. The molecule has 2 aromatic rings. The number of fused-ring (bicyclic) bond motifs is 1. The van der Waals surface area contributed by atoms with Gasteiger partial charge in [-0.1, -0.05) is 63.2 Å². The van der Waals surface area contributed by atoms with Crippen LogP contribution >= 0.6 is 0 Å². The second-order valence-electron chi connectivity index (χ2n) is 5.91. The number of aliphatic hydroxyl groups excluding tert-OH is 1. The second kappa shape index (κ2) is 4.71. The first-order valence-electron chi connectivity index (χ1n) is 6.32. The van der Waals surface area contributed by atoms with Gasteiger partial charge in [-0.2, -0.15) is 0 Å². The molecule has 2 rings (SSSR count). The average Bonchev–Trinajstić information content (AvgIpc) is 2.35. The lowest BCUT2D eigenvalue weighted by Crippen LogP contribution is -2.37. The van der Waals surface area contributed by atoms with Crippen LogP contribution in [0.15, 0.2) is 42.5 Å². The van der Waals surface area contributed by atoms with E-state index in [0.29, 0.717) is 0 Å². The van der Waals surface area contributed by atoms with Gasteiger partial charge in [-0.05, 0) is 21.8 Å². The molecule has 0 fully saturated rings. The normalized spacial score (nSPS) is 15.6. The van der Waals surface area contributed by atoms with Crippen molar-refractivity contribution in [2.75, 3.05) is 0 Å². The van der Waals surface area contributed by atoms with Gasteiger partial charge >= 0.3 is 0 Å². The quantitative estimate of drug-likeness (QED) is 0.850. The third-order valence-electron chi connectivity index (χ3n) is 3.41. The minimum Gasteiger partial charge on any atom is -0.391 e. The van der Waals surface area contributed by atoms with Crippen LogP contribution in [0.2, 0.25) is 0 Å². The highest BCUT2D eigenvalue weighted by atomic mass is 16.3. The van der Waals surface area contributed by atoms with Crippen LogP contribution in [0.25, 0.3) is 10.8 Å². The molecule has 0 saturated heterocycles. The van der Waals surface area contributed by atoms with E-state index in [0.717, 1.165) is 16.3 Å². The first-order chi connectivity index (χ1) is 8.41. The van der Waals surface area contributed by atoms with Gasteiger partial charge in [0.15, 0.2) is 0 Å². The van der Waals surface area contributed by atoms with Gasteiger partial charge in [0.1, 0.15) is 0 Å². The number of aliphatic hydroxyl groups is 1. The van der Waals surface area contributed by atoms with E-state index in [1.54, 1.807) is 0 Å². The summed E-state index contributed by atoms with van der Waals surface area (Å²) < 4.78 is 0. The maximum atomic E-state index is 10.3. The highest BCUT2D eigenvalue weighted by molar-refractivity contribution is 5.86. The Morgan fingerprint density at radius 2 is 1.61 bits per heavy atom. The van der Waals surface area contributed by atoms with Crippen LogP contribution in [0, 0.1) is 5.41 Å². The number of hydrogen-bond donors (Lipinski definition) is 2. The topological polar surface area (TPSA) is 46.2 Å². The second-order valence-corrected chi connectivity index (χ2v) is 5.91. The fourth-order valence-corrected chi connectivity index (χ4v) is 2.25. The van der Waals surface area contributed by atoms with Crippen molar-refractivity contribution < 1.29 is 5.11 Å². The number of rotatable bonds is 2. The number of benzene rings is 2. The van der Waals surface area contributed by atoms with Crippen molar-refractivity contribution in [3.8, 4) is 0 Å². The van der Waals surface area contributed by atoms with Gasteiger partial charge in [-0.3, -0.25) is 0 Å². The predicted molar refractivity (Wildman–Crippen MR) is 76.3 cm³/mol. The SMILES string of the molecule is CC(C)(C)[C@H](O)[C@H](N)c1cccc2ccccc12. The molecule has 0 aliphatic heterocycles. The molecule has 0 spiro atoms. The summed E-state index contributed by atoms with van der Waals surface area (Å²) in [5.41, 5.74) is 7.02. The molecule has 2 aromatic carbocycles. The standard InChI is InChI=1S/C16H21NO/c1-16(2,3)15(18)14(17)13-10-6-8-11-7-4-5-9-12(11)13/h4-10,14-15,18H,17H2,1-3H3/t14-,15-/m1/s1. The van der Waals surface area contributed by atoms with Crippen LogP contribution in [-0.4, -0.2) is 11.2 Å². The zero-order valence-electron chi connectivity index (χ0n) is 11.2. The first kappa shape index (κ1) is 13.1. The van der Waals surface area contributed by atoms with E-state index in [-0.39, 0.29) is 11.5 Å². The Morgan fingerprint density at radius 1 is 1.00 bits per heavy atom. The molecule has 2 heteroatoms. The molecule has 0 aromatic heterocycles. The van der Waals surface area contributed by atoms with Gasteiger partial charge in [0.25, 0.3) is 0 Å². The Hall–Kier alpha value is -1.38. The van der Waals surface area contributed by atoms with Gasteiger partial charge in [-0.25, -0.2) is 0 Å². The van der Waals surface area contributed by atoms with Crippen molar-refractivity contribution >= 4 is 10.8 Å². The lowest BCUT2D eigenvalue weighted by molar-refractivity contribution is 0.0405. The first-order valence-corrected chi connectivity index (χ1v) is 6.32. The molecule has 96 valence electrons. The van der Waals surface area contributed by atoms with Crippen LogP contribution in [0.5, 0.6) is 0 Å². The largest absolute Gasteiger partial charge is 0.391 e. The zero-order chi connectivity index (χ0) is 13.3. The summed E-state index contributed by atoms with van der Waals surface area (Å²) in [7, 11) is 0. The van der Waals surface area contributed by atoms with Gasteiger partial charge in [0.2, 0.25) is 0 Å². The lowest BCUT2D eigenvalue weighted by Gasteiger charge is -2.31. The van der Waals surface area contributed by atoms with Crippen molar-refractivity contribution in [3.05, 3.63) is 48.0 Å². The van der Waals surface area contributed by atoms with Gasteiger partial charge < -0.3 is 10.8 Å². The summed E-state index contributed by atoms with van der Waals surface area (Å²) in [5.74, 6) is 0. The van der Waals surface area contributed by atoms with Crippen molar-refractivity contribution in [2.24, 2.45) is 11.1 Å². The smallest absolute Gasteiger partial charge is 0.0781 e. The Balaban J connectivity index is 2.48. The molecule has 18 heavy (non-hydrogen) atoms. The summed E-state index contributed by atoms with van der Waals surface area (Å²) in [5, 5.41) is 12.6. The third kappa shape index (κ3) is 2.40. The van der Waals surface area contributed by atoms with Crippen molar-refractivity contribution in [1.82, 2.24) is 0 Å². The Kier molecular flexibility index (Phi) is 3.42.